The van der Waals surface area contributed by atoms with E-state index in [1.54, 1.807) is 23.1 Å². The molecule has 2 aliphatic heterocycles. The fourth-order valence-electron chi connectivity index (χ4n) is 3.83. The monoisotopic (exact) mass is 439 g/mol. The minimum atomic E-state index is -0.253. The summed E-state index contributed by atoms with van der Waals surface area (Å²) in [5.74, 6) is 1.13. The van der Waals surface area contributed by atoms with Gasteiger partial charge >= 0.3 is 0 Å². The molecule has 8 nitrogen and oxygen atoms in total. The van der Waals surface area contributed by atoms with Crippen molar-refractivity contribution in [2.45, 2.75) is 6.10 Å². The van der Waals surface area contributed by atoms with Crippen molar-refractivity contribution >= 4 is 11.8 Å². The number of amides is 2. The van der Waals surface area contributed by atoms with E-state index in [1.807, 2.05) is 54.2 Å². The molecule has 0 aromatic heterocycles. The summed E-state index contributed by atoms with van der Waals surface area (Å²) >= 11 is 0. The lowest BCUT2D eigenvalue weighted by Crippen LogP contribution is -2.51. The highest BCUT2D eigenvalue weighted by atomic mass is 16.7. The predicted molar refractivity (Wildman–Crippen MR) is 119 cm³/mol. The van der Waals surface area contributed by atoms with Crippen molar-refractivity contribution in [1.82, 2.24) is 14.7 Å². The molecule has 4 rings (SSSR count). The van der Waals surface area contributed by atoms with Crippen molar-refractivity contribution in [3.63, 3.8) is 0 Å². The lowest BCUT2D eigenvalue weighted by molar-refractivity contribution is -0.0334. The van der Waals surface area contributed by atoms with Crippen molar-refractivity contribution in [1.29, 1.82) is 0 Å². The van der Waals surface area contributed by atoms with Gasteiger partial charge in [-0.05, 0) is 44.4 Å². The van der Waals surface area contributed by atoms with Gasteiger partial charge in [0.05, 0.1) is 12.7 Å². The molecule has 2 aromatic carbocycles. The highest BCUT2D eigenvalue weighted by Crippen LogP contribution is 2.33. The maximum Gasteiger partial charge on any atom is 0.254 e. The normalized spacial score (nSPS) is 17.5. The molecule has 0 saturated carbocycles. The number of rotatable bonds is 7. The van der Waals surface area contributed by atoms with E-state index >= 15 is 0 Å². The summed E-state index contributed by atoms with van der Waals surface area (Å²) < 4.78 is 16.7. The lowest BCUT2D eigenvalue weighted by atomic mass is 10.1. The van der Waals surface area contributed by atoms with Crippen LogP contribution in [0.2, 0.25) is 0 Å². The Balaban J connectivity index is 1.43. The predicted octanol–water partition coefficient (Wildman–Crippen LogP) is 1.96. The van der Waals surface area contributed by atoms with Gasteiger partial charge in [0, 0.05) is 43.9 Å². The number of benzene rings is 2. The summed E-state index contributed by atoms with van der Waals surface area (Å²) in [7, 11) is 3.96. The summed E-state index contributed by atoms with van der Waals surface area (Å²) in [6.07, 6.45) is -0.253. The van der Waals surface area contributed by atoms with Gasteiger partial charge in [0.15, 0.2) is 11.5 Å². The summed E-state index contributed by atoms with van der Waals surface area (Å²) in [6.45, 7) is 3.28. The van der Waals surface area contributed by atoms with Crippen LogP contribution in [0.1, 0.15) is 20.7 Å². The van der Waals surface area contributed by atoms with Gasteiger partial charge < -0.3 is 28.9 Å². The Morgan fingerprint density at radius 1 is 1.00 bits per heavy atom. The van der Waals surface area contributed by atoms with Crippen LogP contribution in [0.3, 0.4) is 0 Å². The van der Waals surface area contributed by atoms with Crippen LogP contribution in [0.15, 0.2) is 48.5 Å². The number of morpholine rings is 1. The molecular formula is C24H29N3O5. The van der Waals surface area contributed by atoms with Crippen LogP contribution in [-0.4, -0.2) is 92.8 Å². The van der Waals surface area contributed by atoms with E-state index in [-0.39, 0.29) is 24.7 Å². The van der Waals surface area contributed by atoms with Gasteiger partial charge in [0.25, 0.3) is 11.8 Å². The number of fused-ring (bicyclic) bond motifs is 1. The van der Waals surface area contributed by atoms with Crippen LogP contribution in [0.4, 0.5) is 0 Å². The van der Waals surface area contributed by atoms with E-state index in [2.05, 4.69) is 0 Å². The number of hydrogen-bond acceptors (Lipinski definition) is 6. The number of likely N-dealkylation sites (N-methyl/N-ethyl adjacent to an activating group) is 1. The van der Waals surface area contributed by atoms with Crippen LogP contribution in [0.25, 0.3) is 0 Å². The van der Waals surface area contributed by atoms with Crippen molar-refractivity contribution < 1.29 is 23.8 Å². The molecule has 32 heavy (non-hydrogen) atoms. The van der Waals surface area contributed by atoms with Crippen LogP contribution >= 0.6 is 0 Å². The number of carbonyl (C=O) groups is 2. The Morgan fingerprint density at radius 3 is 2.56 bits per heavy atom. The molecule has 1 saturated heterocycles. The Morgan fingerprint density at radius 2 is 1.78 bits per heavy atom. The highest BCUT2D eigenvalue weighted by Gasteiger charge is 2.29. The van der Waals surface area contributed by atoms with Crippen molar-refractivity contribution in [2.75, 3.05) is 60.2 Å². The maximum atomic E-state index is 13.1. The molecule has 2 amide bonds. The average molecular weight is 440 g/mol. The molecule has 2 heterocycles. The summed E-state index contributed by atoms with van der Waals surface area (Å²) in [6, 6.07) is 14.5. The zero-order valence-electron chi connectivity index (χ0n) is 18.5. The van der Waals surface area contributed by atoms with E-state index in [4.69, 9.17) is 14.2 Å². The number of carbonyl (C=O) groups excluding carboxylic acids is 2. The molecule has 1 unspecified atom stereocenters. The van der Waals surface area contributed by atoms with E-state index < -0.39 is 0 Å². The van der Waals surface area contributed by atoms with Gasteiger partial charge in [0.1, 0.15) is 0 Å². The number of ether oxygens (including phenoxy) is 3. The number of hydrogen-bond donors (Lipinski definition) is 0. The van der Waals surface area contributed by atoms with Gasteiger partial charge in [-0.15, -0.1) is 0 Å². The van der Waals surface area contributed by atoms with Crippen molar-refractivity contribution in [2.24, 2.45) is 0 Å². The largest absolute Gasteiger partial charge is 0.454 e. The molecule has 0 spiro atoms. The van der Waals surface area contributed by atoms with Gasteiger partial charge in [-0.25, -0.2) is 0 Å². The van der Waals surface area contributed by atoms with E-state index in [9.17, 15) is 9.59 Å². The Kier molecular flexibility index (Phi) is 6.92. The summed E-state index contributed by atoms with van der Waals surface area (Å²) in [4.78, 5) is 31.8. The third-order valence-electron chi connectivity index (χ3n) is 5.59. The van der Waals surface area contributed by atoms with Crippen LogP contribution in [-0.2, 0) is 4.74 Å². The molecule has 1 fully saturated rings. The quantitative estimate of drug-likeness (QED) is 0.657. The summed E-state index contributed by atoms with van der Waals surface area (Å²) in [5, 5.41) is 0. The van der Waals surface area contributed by atoms with Crippen molar-refractivity contribution in [3.8, 4) is 11.5 Å². The van der Waals surface area contributed by atoms with Gasteiger partial charge in [-0.2, -0.15) is 0 Å². The first-order valence-corrected chi connectivity index (χ1v) is 10.8. The van der Waals surface area contributed by atoms with Crippen LogP contribution in [0, 0.1) is 0 Å². The highest BCUT2D eigenvalue weighted by molar-refractivity contribution is 5.95. The van der Waals surface area contributed by atoms with Gasteiger partial charge in [-0.1, -0.05) is 18.2 Å². The van der Waals surface area contributed by atoms with E-state index in [1.165, 1.54) is 0 Å². The molecule has 2 aromatic rings. The smallest absolute Gasteiger partial charge is 0.254 e. The number of nitrogens with zero attached hydrogens (tertiary/aromatic N) is 3. The zero-order chi connectivity index (χ0) is 22.5. The second-order valence-corrected chi connectivity index (χ2v) is 8.23. The fraction of sp³-hybridized carbons (Fsp3) is 0.417. The lowest BCUT2D eigenvalue weighted by Gasteiger charge is -2.36. The molecule has 0 aliphatic carbocycles. The molecule has 2 aliphatic rings. The Bertz CT molecular complexity index is 950. The molecule has 0 radical (unpaired) electrons. The van der Waals surface area contributed by atoms with Crippen molar-refractivity contribution in [3.05, 3.63) is 59.7 Å². The molecule has 0 N–H and O–H groups in total. The third-order valence-corrected chi connectivity index (χ3v) is 5.59. The molecule has 170 valence electrons. The average Bonchev–Trinajstić information content (AvgIpc) is 3.29. The van der Waals surface area contributed by atoms with Gasteiger partial charge in [-0.3, -0.25) is 9.59 Å². The Labute approximate surface area is 188 Å². The Hall–Kier alpha value is -3.10. The fourth-order valence-corrected chi connectivity index (χ4v) is 3.83. The minimum Gasteiger partial charge on any atom is -0.454 e. The second kappa shape index (κ2) is 10.0. The molecule has 1 atom stereocenters. The standard InChI is InChI=1S/C24H29N3O5/c1-25(2)10-11-26(23(28)18-6-4-3-5-7-18)15-20-16-27(12-13-30-20)24(29)19-8-9-21-22(14-19)32-17-31-21/h3-9,14,20H,10-13,15-17H2,1-2H3. The van der Waals surface area contributed by atoms with E-state index in [0.717, 1.165) is 6.54 Å². The minimum absolute atomic E-state index is 0.0322. The first-order chi connectivity index (χ1) is 15.5. The molecule has 0 bridgehead atoms. The molecular weight excluding hydrogens is 410 g/mol. The SMILES string of the molecule is CN(C)CCN(CC1CN(C(=O)c2ccc3c(c2)OCO3)CCO1)C(=O)c1ccccc1. The van der Waals surface area contributed by atoms with Crippen LogP contribution < -0.4 is 9.47 Å². The van der Waals surface area contributed by atoms with Crippen LogP contribution in [0.5, 0.6) is 11.5 Å². The van der Waals surface area contributed by atoms with Gasteiger partial charge in [0.2, 0.25) is 6.79 Å². The topological polar surface area (TPSA) is 71.6 Å². The second-order valence-electron chi connectivity index (χ2n) is 8.23. The first-order valence-electron chi connectivity index (χ1n) is 10.8. The molecule has 8 heteroatoms. The third kappa shape index (κ3) is 5.20. The summed E-state index contributed by atoms with van der Waals surface area (Å²) in [5.41, 5.74) is 1.20. The van der Waals surface area contributed by atoms with E-state index in [0.29, 0.717) is 55.4 Å². The zero-order valence-corrected chi connectivity index (χ0v) is 18.5. The first kappa shape index (κ1) is 22.1. The maximum absolute atomic E-state index is 13.1.